The highest BCUT2D eigenvalue weighted by Crippen LogP contribution is 2.46. The number of anilines is 1. The summed E-state index contributed by atoms with van der Waals surface area (Å²) in [7, 11) is 1.22. The Morgan fingerprint density at radius 3 is 2.38 bits per heavy atom. The number of amides is 2. The standard InChI is InChI=1S/C22H22N2O5/c1-13-8-6-7-11-15(13)18-16-17(22(12-25,23-18)21(28)29-2)20(27)24(19(16)26)14-9-4-3-5-10-14/h3-11,16-18,23,25H,12H2,1-2H3/p+1/t16-,17-,18-,22-/m0/s1. The van der Waals surface area contributed by atoms with Crippen molar-refractivity contribution in [3.05, 3.63) is 65.7 Å². The third kappa shape index (κ3) is 2.69. The van der Waals surface area contributed by atoms with Crippen molar-refractivity contribution in [1.29, 1.82) is 0 Å². The number of benzene rings is 2. The van der Waals surface area contributed by atoms with E-state index in [0.29, 0.717) is 5.69 Å². The lowest BCUT2D eigenvalue weighted by Crippen LogP contribution is -2.99. The van der Waals surface area contributed by atoms with Gasteiger partial charge in [-0.25, -0.2) is 9.69 Å². The number of ether oxygens (including phenoxy) is 1. The molecule has 2 fully saturated rings. The Hall–Kier alpha value is -3.03. The third-order valence-electron chi connectivity index (χ3n) is 6.16. The first-order chi connectivity index (χ1) is 14.0. The Kier molecular flexibility index (Phi) is 4.72. The lowest BCUT2D eigenvalue weighted by atomic mass is 9.79. The van der Waals surface area contributed by atoms with Gasteiger partial charge in [0.05, 0.1) is 12.8 Å². The van der Waals surface area contributed by atoms with Gasteiger partial charge in [0.1, 0.15) is 24.5 Å². The maximum Gasteiger partial charge on any atom is 0.371 e. The van der Waals surface area contributed by atoms with Crippen LogP contribution in [0.3, 0.4) is 0 Å². The summed E-state index contributed by atoms with van der Waals surface area (Å²) >= 11 is 0. The molecule has 0 spiro atoms. The fraction of sp³-hybridized carbons (Fsp3) is 0.318. The second-order valence-electron chi connectivity index (χ2n) is 7.59. The minimum Gasteiger partial charge on any atom is -0.464 e. The normalized spacial score (nSPS) is 28.5. The predicted octanol–water partition coefficient (Wildman–Crippen LogP) is 0.323. The van der Waals surface area contributed by atoms with E-state index in [-0.39, 0.29) is 5.91 Å². The average molecular weight is 395 g/mol. The molecule has 4 atom stereocenters. The smallest absolute Gasteiger partial charge is 0.371 e. The fourth-order valence-corrected chi connectivity index (χ4v) is 4.80. The first-order valence-corrected chi connectivity index (χ1v) is 9.50. The van der Waals surface area contributed by atoms with Crippen molar-refractivity contribution in [3.8, 4) is 0 Å². The van der Waals surface area contributed by atoms with Crippen LogP contribution in [0.25, 0.3) is 0 Å². The molecular weight excluding hydrogens is 372 g/mol. The summed E-state index contributed by atoms with van der Waals surface area (Å²) in [5, 5.41) is 11.9. The topological polar surface area (TPSA) is 101 Å². The number of rotatable bonds is 4. The summed E-state index contributed by atoms with van der Waals surface area (Å²) in [5.74, 6) is -3.36. The Labute approximate surface area is 168 Å². The van der Waals surface area contributed by atoms with Gasteiger partial charge < -0.3 is 15.2 Å². The fourth-order valence-electron chi connectivity index (χ4n) is 4.80. The minimum absolute atomic E-state index is 0.366. The molecule has 7 nitrogen and oxygen atoms in total. The van der Waals surface area contributed by atoms with Gasteiger partial charge in [0.25, 0.3) is 0 Å². The number of aliphatic hydroxyl groups is 1. The number of hydrogen-bond acceptors (Lipinski definition) is 5. The molecule has 2 aromatic carbocycles. The molecule has 3 N–H and O–H groups in total. The van der Waals surface area contributed by atoms with Crippen molar-refractivity contribution in [2.24, 2.45) is 11.8 Å². The van der Waals surface area contributed by atoms with Gasteiger partial charge in [0.15, 0.2) is 0 Å². The summed E-state index contributed by atoms with van der Waals surface area (Å²) in [6.07, 6.45) is 0. The highest BCUT2D eigenvalue weighted by atomic mass is 16.5. The van der Waals surface area contributed by atoms with E-state index in [1.165, 1.54) is 7.11 Å². The van der Waals surface area contributed by atoms with Crippen LogP contribution in [-0.4, -0.2) is 42.1 Å². The van der Waals surface area contributed by atoms with Crippen molar-refractivity contribution in [2.45, 2.75) is 18.5 Å². The molecule has 2 heterocycles. The Balaban J connectivity index is 1.88. The van der Waals surface area contributed by atoms with Crippen LogP contribution < -0.4 is 10.2 Å². The number of aryl methyl sites for hydroxylation is 1. The van der Waals surface area contributed by atoms with Crippen molar-refractivity contribution < 1.29 is 29.5 Å². The number of methoxy groups -OCH3 is 1. The molecule has 4 rings (SSSR count). The van der Waals surface area contributed by atoms with E-state index in [4.69, 9.17) is 4.74 Å². The van der Waals surface area contributed by atoms with E-state index in [2.05, 4.69) is 0 Å². The third-order valence-corrected chi connectivity index (χ3v) is 6.16. The Morgan fingerprint density at radius 2 is 1.76 bits per heavy atom. The number of para-hydroxylation sites is 1. The number of nitrogens with two attached hydrogens (primary N) is 1. The number of hydrogen-bond donors (Lipinski definition) is 2. The molecule has 2 amide bonds. The van der Waals surface area contributed by atoms with Gasteiger partial charge in [-0.05, 0) is 24.6 Å². The zero-order valence-corrected chi connectivity index (χ0v) is 16.2. The van der Waals surface area contributed by atoms with Crippen molar-refractivity contribution in [1.82, 2.24) is 0 Å². The number of esters is 1. The molecule has 29 heavy (non-hydrogen) atoms. The number of carbonyl (C=O) groups excluding carboxylic acids is 3. The zero-order chi connectivity index (χ0) is 20.8. The van der Waals surface area contributed by atoms with Crippen LogP contribution in [-0.2, 0) is 19.1 Å². The SMILES string of the molecule is COC(=O)[C@@]1(CO)[NH2+][C@@H](c2ccccc2C)[C@H]2C(=O)N(c3ccccc3)C(=O)[C@H]21. The van der Waals surface area contributed by atoms with E-state index in [1.807, 2.05) is 31.2 Å². The molecule has 0 unspecified atom stereocenters. The van der Waals surface area contributed by atoms with E-state index in [1.54, 1.807) is 35.6 Å². The lowest BCUT2D eigenvalue weighted by Gasteiger charge is -2.27. The maximum atomic E-state index is 13.5. The largest absolute Gasteiger partial charge is 0.464 e. The number of fused-ring (bicyclic) bond motifs is 1. The van der Waals surface area contributed by atoms with Gasteiger partial charge >= 0.3 is 5.97 Å². The number of imide groups is 1. The average Bonchev–Trinajstić information content (AvgIpc) is 3.23. The molecule has 2 aromatic rings. The highest BCUT2D eigenvalue weighted by molar-refractivity contribution is 6.23. The predicted molar refractivity (Wildman–Crippen MR) is 104 cm³/mol. The quantitative estimate of drug-likeness (QED) is 0.574. The summed E-state index contributed by atoms with van der Waals surface area (Å²) in [4.78, 5) is 40.8. The van der Waals surface area contributed by atoms with Gasteiger partial charge in [-0.15, -0.1) is 0 Å². The van der Waals surface area contributed by atoms with Crippen LogP contribution in [0.4, 0.5) is 5.69 Å². The monoisotopic (exact) mass is 395 g/mol. The minimum atomic E-state index is -1.57. The summed E-state index contributed by atoms with van der Waals surface area (Å²) in [5.41, 5.74) is 0.697. The molecule has 0 saturated carbocycles. The molecule has 0 aliphatic carbocycles. The van der Waals surface area contributed by atoms with Gasteiger partial charge in [-0.2, -0.15) is 0 Å². The molecule has 2 saturated heterocycles. The van der Waals surface area contributed by atoms with E-state index in [9.17, 15) is 19.5 Å². The summed E-state index contributed by atoms with van der Waals surface area (Å²) < 4.78 is 4.96. The van der Waals surface area contributed by atoms with Crippen LogP contribution in [0, 0.1) is 18.8 Å². The molecule has 0 bridgehead atoms. The molecule has 0 aromatic heterocycles. The molecule has 2 aliphatic rings. The van der Waals surface area contributed by atoms with Gasteiger partial charge in [-0.3, -0.25) is 9.59 Å². The maximum absolute atomic E-state index is 13.5. The second kappa shape index (κ2) is 7.09. The van der Waals surface area contributed by atoms with Crippen molar-refractivity contribution >= 4 is 23.5 Å². The lowest BCUT2D eigenvalue weighted by molar-refractivity contribution is -0.735. The molecule has 2 aliphatic heterocycles. The zero-order valence-electron chi connectivity index (χ0n) is 16.2. The van der Waals surface area contributed by atoms with Crippen LogP contribution in [0.15, 0.2) is 54.6 Å². The van der Waals surface area contributed by atoms with E-state index >= 15 is 0 Å². The van der Waals surface area contributed by atoms with Gasteiger partial charge in [-0.1, -0.05) is 42.5 Å². The number of nitrogens with zero attached hydrogens (tertiary/aromatic N) is 1. The van der Waals surface area contributed by atoms with Crippen LogP contribution in [0.5, 0.6) is 0 Å². The molecule has 0 radical (unpaired) electrons. The molecule has 150 valence electrons. The second-order valence-corrected chi connectivity index (χ2v) is 7.59. The van der Waals surface area contributed by atoms with Crippen LogP contribution in [0.2, 0.25) is 0 Å². The van der Waals surface area contributed by atoms with Gasteiger partial charge in [0.2, 0.25) is 17.4 Å². The van der Waals surface area contributed by atoms with Crippen molar-refractivity contribution in [3.63, 3.8) is 0 Å². The Bertz CT molecular complexity index is 976. The number of quaternary nitrogens is 1. The number of carbonyl (C=O) groups is 3. The molecule has 7 heteroatoms. The van der Waals surface area contributed by atoms with Crippen molar-refractivity contribution in [2.75, 3.05) is 18.6 Å². The van der Waals surface area contributed by atoms with Gasteiger partial charge in [0, 0.05) is 5.56 Å². The van der Waals surface area contributed by atoms with E-state index < -0.39 is 41.9 Å². The summed E-state index contributed by atoms with van der Waals surface area (Å²) in [6, 6.07) is 15.7. The summed E-state index contributed by atoms with van der Waals surface area (Å²) in [6.45, 7) is 1.32. The van der Waals surface area contributed by atoms with E-state index in [0.717, 1.165) is 16.0 Å². The Morgan fingerprint density at radius 1 is 1.10 bits per heavy atom. The number of aliphatic hydroxyl groups excluding tert-OH is 1. The molecular formula is C22H23N2O5+. The van der Waals surface area contributed by atoms with Crippen LogP contribution >= 0.6 is 0 Å². The first-order valence-electron chi connectivity index (χ1n) is 9.50. The first kappa shape index (κ1) is 19.3. The highest BCUT2D eigenvalue weighted by Gasteiger charge is 2.72. The van der Waals surface area contributed by atoms with Crippen LogP contribution in [0.1, 0.15) is 17.2 Å².